The molecule has 0 radical (unpaired) electrons. The summed E-state index contributed by atoms with van der Waals surface area (Å²) in [6, 6.07) is -0.146. The number of carbonyl (C=O) groups excluding carboxylic acids is 1. The number of amides is 2. The van der Waals surface area contributed by atoms with Crippen molar-refractivity contribution in [3.05, 3.63) is 12.2 Å². The van der Waals surface area contributed by atoms with E-state index in [2.05, 4.69) is 17.2 Å². The minimum Gasteiger partial charge on any atom is -0.356 e. The number of nitrogens with zero attached hydrogens (tertiary/aromatic N) is 1. The first kappa shape index (κ1) is 25.2. The molecule has 166 valence electrons. The molecule has 0 aromatic carbocycles. The number of allylic oxidation sites excluding steroid dienone is 1. The SMILES string of the molecule is C=C(C)CCC(=N)CCCCCCCN1CCCCCCCCNC(=N)NC1=O. The Bertz CT molecular complexity index is 517. The molecule has 1 rings (SSSR count). The van der Waals surface area contributed by atoms with Gasteiger partial charge in [0, 0.05) is 25.3 Å². The van der Waals surface area contributed by atoms with Crippen LogP contribution >= 0.6 is 0 Å². The van der Waals surface area contributed by atoms with E-state index in [1.54, 1.807) is 0 Å². The highest BCUT2D eigenvalue weighted by Gasteiger charge is 2.14. The van der Waals surface area contributed by atoms with Crippen LogP contribution in [0.3, 0.4) is 0 Å². The Morgan fingerprint density at radius 2 is 1.62 bits per heavy atom. The van der Waals surface area contributed by atoms with Gasteiger partial charge in [-0.3, -0.25) is 10.7 Å². The van der Waals surface area contributed by atoms with Crippen molar-refractivity contribution >= 4 is 17.7 Å². The van der Waals surface area contributed by atoms with Crippen LogP contribution in [0.1, 0.15) is 96.8 Å². The number of unbranched alkanes of at least 4 members (excludes halogenated alkanes) is 4. The first-order chi connectivity index (χ1) is 14.0. The summed E-state index contributed by atoms with van der Waals surface area (Å²) in [5.41, 5.74) is 2.00. The van der Waals surface area contributed by atoms with Gasteiger partial charge in [-0.1, -0.05) is 50.5 Å². The van der Waals surface area contributed by atoms with E-state index in [0.29, 0.717) is 0 Å². The lowest BCUT2D eigenvalue weighted by Gasteiger charge is -2.23. The topological polar surface area (TPSA) is 92.1 Å². The van der Waals surface area contributed by atoms with Crippen molar-refractivity contribution in [1.29, 1.82) is 10.8 Å². The van der Waals surface area contributed by atoms with E-state index in [-0.39, 0.29) is 12.0 Å². The highest BCUT2D eigenvalue weighted by molar-refractivity contribution is 5.94. The van der Waals surface area contributed by atoms with E-state index in [9.17, 15) is 4.79 Å². The minimum absolute atomic E-state index is 0.119. The molecule has 0 unspecified atom stereocenters. The average Bonchev–Trinajstić information content (AvgIpc) is 2.69. The third-order valence-electron chi connectivity index (χ3n) is 5.44. The largest absolute Gasteiger partial charge is 0.356 e. The van der Waals surface area contributed by atoms with E-state index in [4.69, 9.17) is 10.8 Å². The lowest BCUT2D eigenvalue weighted by molar-refractivity contribution is 0.200. The molecule has 4 N–H and O–H groups in total. The second kappa shape index (κ2) is 16.0. The Hall–Kier alpha value is -1.85. The van der Waals surface area contributed by atoms with Gasteiger partial charge in [0.15, 0.2) is 5.96 Å². The molecular formula is C23H43N5O. The van der Waals surface area contributed by atoms with Gasteiger partial charge in [0.2, 0.25) is 0 Å². The van der Waals surface area contributed by atoms with Gasteiger partial charge in [0.1, 0.15) is 0 Å². The van der Waals surface area contributed by atoms with Crippen LogP contribution in [0.25, 0.3) is 0 Å². The molecule has 1 aliphatic rings. The van der Waals surface area contributed by atoms with E-state index in [1.807, 2.05) is 11.8 Å². The zero-order valence-electron chi connectivity index (χ0n) is 18.6. The third kappa shape index (κ3) is 13.9. The van der Waals surface area contributed by atoms with Crippen LogP contribution in [0.15, 0.2) is 12.2 Å². The summed E-state index contributed by atoms with van der Waals surface area (Å²) in [6.07, 6.45) is 15.1. The van der Waals surface area contributed by atoms with E-state index in [0.717, 1.165) is 95.1 Å². The van der Waals surface area contributed by atoms with Crippen LogP contribution in [0.5, 0.6) is 0 Å². The Kier molecular flexibility index (Phi) is 13.9. The fourth-order valence-corrected chi connectivity index (χ4v) is 3.55. The van der Waals surface area contributed by atoms with Crippen molar-refractivity contribution in [2.45, 2.75) is 96.8 Å². The maximum atomic E-state index is 12.5. The van der Waals surface area contributed by atoms with Gasteiger partial charge in [-0.15, -0.1) is 6.58 Å². The van der Waals surface area contributed by atoms with Gasteiger partial charge in [0.05, 0.1) is 0 Å². The van der Waals surface area contributed by atoms with Crippen molar-refractivity contribution in [1.82, 2.24) is 15.5 Å². The van der Waals surface area contributed by atoms with Crippen LogP contribution < -0.4 is 10.6 Å². The first-order valence-corrected chi connectivity index (χ1v) is 11.6. The smallest absolute Gasteiger partial charge is 0.324 e. The monoisotopic (exact) mass is 405 g/mol. The molecule has 1 fully saturated rings. The van der Waals surface area contributed by atoms with Crippen molar-refractivity contribution in [2.75, 3.05) is 19.6 Å². The zero-order chi connectivity index (χ0) is 21.3. The van der Waals surface area contributed by atoms with Crippen molar-refractivity contribution in [3.63, 3.8) is 0 Å². The van der Waals surface area contributed by atoms with Crippen molar-refractivity contribution in [3.8, 4) is 0 Å². The first-order valence-electron chi connectivity index (χ1n) is 11.6. The summed E-state index contributed by atoms with van der Waals surface area (Å²) in [4.78, 5) is 14.4. The average molecular weight is 406 g/mol. The maximum absolute atomic E-state index is 12.5. The number of urea groups is 1. The molecule has 1 aliphatic heterocycles. The molecule has 1 saturated heterocycles. The van der Waals surface area contributed by atoms with E-state index < -0.39 is 0 Å². The van der Waals surface area contributed by atoms with Crippen LogP contribution in [-0.4, -0.2) is 42.2 Å². The van der Waals surface area contributed by atoms with Gasteiger partial charge >= 0.3 is 6.03 Å². The molecule has 0 atom stereocenters. The Balaban J connectivity index is 2.22. The minimum atomic E-state index is -0.146. The summed E-state index contributed by atoms with van der Waals surface area (Å²) in [6.45, 7) is 8.20. The van der Waals surface area contributed by atoms with Crippen LogP contribution in [0.2, 0.25) is 0 Å². The molecule has 0 spiro atoms. The molecular weight excluding hydrogens is 362 g/mol. The van der Waals surface area contributed by atoms with Gasteiger partial charge in [0.25, 0.3) is 0 Å². The van der Waals surface area contributed by atoms with Crippen LogP contribution in [0, 0.1) is 10.8 Å². The lowest BCUT2D eigenvalue weighted by atomic mass is 10.0. The molecule has 0 bridgehead atoms. The number of nitrogens with one attached hydrogen (secondary N) is 4. The van der Waals surface area contributed by atoms with Gasteiger partial charge < -0.3 is 15.6 Å². The predicted octanol–water partition coefficient (Wildman–Crippen LogP) is 5.59. The molecule has 1 heterocycles. The quantitative estimate of drug-likeness (QED) is 0.205. The number of hydrogen-bond acceptors (Lipinski definition) is 3. The molecule has 29 heavy (non-hydrogen) atoms. The normalized spacial score (nSPS) is 16.8. The Morgan fingerprint density at radius 1 is 0.966 bits per heavy atom. The Labute approximate surface area is 177 Å². The number of carbonyl (C=O) groups is 1. The third-order valence-corrected chi connectivity index (χ3v) is 5.44. The second-order valence-corrected chi connectivity index (χ2v) is 8.42. The van der Waals surface area contributed by atoms with Crippen molar-refractivity contribution in [2.24, 2.45) is 0 Å². The van der Waals surface area contributed by atoms with Gasteiger partial charge in [-0.25, -0.2) is 4.79 Å². The molecule has 6 heteroatoms. The molecule has 2 amide bonds. The van der Waals surface area contributed by atoms with Crippen LogP contribution in [-0.2, 0) is 0 Å². The van der Waals surface area contributed by atoms with Gasteiger partial charge in [-0.2, -0.15) is 0 Å². The summed E-state index contributed by atoms with van der Waals surface area (Å²) in [5.74, 6) is 0.119. The van der Waals surface area contributed by atoms with Crippen LogP contribution in [0.4, 0.5) is 4.79 Å². The highest BCUT2D eigenvalue weighted by Crippen LogP contribution is 2.11. The number of hydrogen-bond donors (Lipinski definition) is 4. The summed E-state index contributed by atoms with van der Waals surface area (Å²) in [5, 5.41) is 21.5. The lowest BCUT2D eigenvalue weighted by Crippen LogP contribution is -2.48. The molecule has 0 aliphatic carbocycles. The molecule has 0 saturated carbocycles. The summed E-state index contributed by atoms with van der Waals surface area (Å²) in [7, 11) is 0. The second-order valence-electron chi connectivity index (χ2n) is 8.42. The molecule has 6 nitrogen and oxygen atoms in total. The summed E-state index contributed by atoms with van der Waals surface area (Å²) < 4.78 is 0. The van der Waals surface area contributed by atoms with Crippen molar-refractivity contribution < 1.29 is 4.79 Å². The molecule has 0 aromatic rings. The number of guanidine groups is 1. The zero-order valence-corrected chi connectivity index (χ0v) is 18.6. The summed E-state index contributed by atoms with van der Waals surface area (Å²) >= 11 is 0. The predicted molar refractivity (Wildman–Crippen MR) is 123 cm³/mol. The van der Waals surface area contributed by atoms with E-state index >= 15 is 0 Å². The highest BCUT2D eigenvalue weighted by atomic mass is 16.2. The Morgan fingerprint density at radius 3 is 2.38 bits per heavy atom. The van der Waals surface area contributed by atoms with Gasteiger partial charge in [-0.05, 0) is 51.9 Å². The fraction of sp³-hybridized carbons (Fsp3) is 0.783. The molecule has 0 aromatic heterocycles. The van der Waals surface area contributed by atoms with E-state index in [1.165, 1.54) is 25.7 Å². The fourth-order valence-electron chi connectivity index (χ4n) is 3.55. The maximum Gasteiger partial charge on any atom is 0.324 e. The standard InChI is InChI=1S/C23H43N5O/c1-20(2)15-16-21(24)14-10-6-5-9-13-19-28-18-12-8-4-3-7-11-17-26-22(25)27-23(28)29/h24H,1,3-19H2,2H3,(H3,25,26,27,29). The number of rotatable bonds is 11.